The van der Waals surface area contributed by atoms with Crippen molar-refractivity contribution in [3.63, 3.8) is 0 Å². The van der Waals surface area contributed by atoms with E-state index in [1.54, 1.807) is 37.6 Å². The molecule has 0 saturated heterocycles. The Balaban J connectivity index is 0.00000400. The van der Waals surface area contributed by atoms with Gasteiger partial charge in [0.1, 0.15) is 5.75 Å². The van der Waals surface area contributed by atoms with Crippen molar-refractivity contribution in [1.82, 2.24) is 0 Å². The van der Waals surface area contributed by atoms with Gasteiger partial charge in [0.15, 0.2) is 0 Å². The van der Waals surface area contributed by atoms with E-state index in [2.05, 4.69) is 65.3 Å². The third-order valence-electron chi connectivity index (χ3n) is 6.68. The molecule has 1 unspecified atom stereocenters. The standard InChI is InChI=1S/C30H31N3O4.Ni/c1-5-33-26-16-15-24(36-3)19-25(26)30(2,20-21-9-7-6-8-10-21)27(33)17-18-31-32-28(34)22-11-13-23(14-12-22)29(35)37-4;/h6-19H,5,20H2,1-4H3,(H,32,34);/b27-17-,31-18+;. The average molecular weight is 556 g/mol. The van der Waals surface area contributed by atoms with Crippen molar-refractivity contribution in [3.8, 4) is 5.75 Å². The number of methoxy groups -OCH3 is 2. The molecule has 0 aliphatic carbocycles. The number of aliphatic hydroxyl groups is 1. The van der Waals surface area contributed by atoms with E-state index < -0.39 is 5.97 Å². The molecule has 1 atom stereocenters. The Hall–Kier alpha value is -3.90. The second-order valence-electron chi connectivity index (χ2n) is 8.93. The molecule has 0 aromatic heterocycles. The number of aliphatic hydroxyl groups excluding tert-OH is 1. The quantitative estimate of drug-likeness (QED) is 0.127. The Kier molecular flexibility index (Phi) is 9.48. The fraction of sp³-hybridized carbons (Fsp3) is 0.233. The number of fused-ring (bicyclic) bond motifs is 1. The molecule has 4 rings (SSSR count). The predicted molar refractivity (Wildman–Crippen MR) is 147 cm³/mol. The molecule has 0 saturated carbocycles. The first-order chi connectivity index (χ1) is 17.9. The first-order valence-electron chi connectivity index (χ1n) is 12.1. The van der Waals surface area contributed by atoms with Crippen LogP contribution in [-0.4, -0.2) is 44.0 Å². The van der Waals surface area contributed by atoms with Crippen LogP contribution < -0.4 is 9.64 Å². The summed E-state index contributed by atoms with van der Waals surface area (Å²) >= 11 is 0. The summed E-state index contributed by atoms with van der Waals surface area (Å²) in [6.07, 6.45) is 4.35. The van der Waals surface area contributed by atoms with Crippen molar-refractivity contribution in [2.45, 2.75) is 25.7 Å². The average Bonchev–Trinajstić information content (AvgIpc) is 3.17. The number of esters is 1. The Morgan fingerprint density at radius 2 is 1.71 bits per heavy atom. The SMILES string of the molecule is CCN1\C(=C/C=N/N=C(\O)c2ccc(C(=O)OC)cc2)C(C)(Cc2ccccc2)c2cc(OC)ccc21.[Ni]. The van der Waals surface area contributed by atoms with Crippen LogP contribution in [-0.2, 0) is 33.1 Å². The zero-order chi connectivity index (χ0) is 26.4. The normalized spacial score (nSPS) is 17.8. The fourth-order valence-corrected chi connectivity index (χ4v) is 4.81. The topological polar surface area (TPSA) is 83.7 Å². The minimum absolute atomic E-state index is 0. The van der Waals surface area contributed by atoms with Crippen LogP contribution in [0.2, 0.25) is 0 Å². The van der Waals surface area contributed by atoms with Crippen LogP contribution in [0, 0.1) is 0 Å². The van der Waals surface area contributed by atoms with Crippen molar-refractivity contribution < 1.29 is 35.9 Å². The monoisotopic (exact) mass is 555 g/mol. The van der Waals surface area contributed by atoms with Crippen molar-refractivity contribution in [3.05, 3.63) is 107 Å². The molecule has 7 nitrogen and oxygen atoms in total. The molecule has 0 spiro atoms. The summed E-state index contributed by atoms with van der Waals surface area (Å²) in [5.41, 5.74) is 5.15. The number of carbonyl (C=O) groups excluding carboxylic acids is 1. The fourth-order valence-electron chi connectivity index (χ4n) is 4.81. The number of hydrogen-bond donors (Lipinski definition) is 1. The van der Waals surface area contributed by atoms with E-state index in [1.165, 1.54) is 18.2 Å². The third-order valence-corrected chi connectivity index (χ3v) is 6.68. The molecule has 3 aromatic carbocycles. The van der Waals surface area contributed by atoms with Gasteiger partial charge >= 0.3 is 5.97 Å². The molecule has 3 aromatic rings. The van der Waals surface area contributed by atoms with E-state index in [-0.39, 0.29) is 27.8 Å². The Bertz CT molecular complexity index is 1350. The minimum atomic E-state index is -0.443. The number of ether oxygens (including phenoxy) is 2. The Labute approximate surface area is 233 Å². The van der Waals surface area contributed by atoms with Gasteiger partial charge in [0.2, 0.25) is 5.90 Å². The molecule has 1 heterocycles. The van der Waals surface area contributed by atoms with Crippen LogP contribution in [0.15, 0.2) is 94.8 Å². The second kappa shape index (κ2) is 12.6. The summed E-state index contributed by atoms with van der Waals surface area (Å²) in [5, 5.41) is 18.4. The van der Waals surface area contributed by atoms with Gasteiger partial charge in [-0.2, -0.15) is 5.10 Å². The van der Waals surface area contributed by atoms with Crippen LogP contribution in [0.3, 0.4) is 0 Å². The van der Waals surface area contributed by atoms with Gasteiger partial charge in [-0.15, -0.1) is 5.10 Å². The molecule has 0 radical (unpaired) electrons. The van der Waals surface area contributed by atoms with Gasteiger partial charge in [0.05, 0.1) is 26.0 Å². The maximum atomic E-state index is 11.6. The zero-order valence-electron chi connectivity index (χ0n) is 21.8. The van der Waals surface area contributed by atoms with Crippen LogP contribution in [0.4, 0.5) is 5.69 Å². The van der Waals surface area contributed by atoms with E-state index in [0.717, 1.165) is 30.1 Å². The van der Waals surface area contributed by atoms with Gasteiger partial charge in [0.25, 0.3) is 0 Å². The number of likely N-dealkylation sites (N-methyl/N-ethyl adjacent to an activating group) is 1. The van der Waals surface area contributed by atoms with E-state index in [0.29, 0.717) is 11.1 Å². The summed E-state index contributed by atoms with van der Waals surface area (Å²) in [7, 11) is 3.00. The molecule has 0 amide bonds. The first-order valence-corrected chi connectivity index (χ1v) is 12.1. The Morgan fingerprint density at radius 3 is 2.34 bits per heavy atom. The van der Waals surface area contributed by atoms with Crippen molar-refractivity contribution in [1.29, 1.82) is 0 Å². The van der Waals surface area contributed by atoms with E-state index >= 15 is 0 Å². The smallest absolute Gasteiger partial charge is 0.337 e. The molecule has 1 aliphatic heterocycles. The van der Waals surface area contributed by atoms with Crippen LogP contribution in [0.5, 0.6) is 5.75 Å². The van der Waals surface area contributed by atoms with Gasteiger partial charge in [0, 0.05) is 45.4 Å². The van der Waals surface area contributed by atoms with Gasteiger partial charge in [-0.1, -0.05) is 30.3 Å². The van der Waals surface area contributed by atoms with E-state index in [9.17, 15) is 9.90 Å². The zero-order valence-corrected chi connectivity index (χ0v) is 22.8. The van der Waals surface area contributed by atoms with Gasteiger partial charge in [-0.25, -0.2) is 4.79 Å². The summed E-state index contributed by atoms with van der Waals surface area (Å²) in [5.74, 6) is 0.128. The first kappa shape index (κ1) is 28.7. The van der Waals surface area contributed by atoms with E-state index in [1.807, 2.05) is 18.2 Å². The van der Waals surface area contributed by atoms with Crippen LogP contribution in [0.1, 0.15) is 40.9 Å². The Morgan fingerprint density at radius 1 is 1.03 bits per heavy atom. The van der Waals surface area contributed by atoms with Gasteiger partial charge < -0.3 is 19.5 Å². The number of carbonyl (C=O) groups is 1. The molecule has 0 fully saturated rings. The third kappa shape index (κ3) is 5.81. The number of nitrogens with zero attached hydrogens (tertiary/aromatic N) is 3. The summed E-state index contributed by atoms with van der Waals surface area (Å²) in [4.78, 5) is 13.9. The largest absolute Gasteiger partial charge is 0.497 e. The van der Waals surface area contributed by atoms with Gasteiger partial charge in [-0.05, 0) is 79.9 Å². The van der Waals surface area contributed by atoms with Crippen molar-refractivity contribution in [2.24, 2.45) is 10.2 Å². The van der Waals surface area contributed by atoms with E-state index in [4.69, 9.17) is 9.47 Å². The predicted octanol–water partition coefficient (Wildman–Crippen LogP) is 5.69. The summed E-state index contributed by atoms with van der Waals surface area (Å²) in [6.45, 7) is 5.14. The molecular formula is C30H31N3NiO4. The summed E-state index contributed by atoms with van der Waals surface area (Å²) in [6, 6.07) is 22.9. The number of anilines is 1. The van der Waals surface area contributed by atoms with Crippen molar-refractivity contribution >= 4 is 23.8 Å². The maximum absolute atomic E-state index is 11.6. The molecular weight excluding hydrogens is 525 g/mol. The molecule has 8 heteroatoms. The number of benzene rings is 3. The van der Waals surface area contributed by atoms with Crippen LogP contribution >= 0.6 is 0 Å². The number of hydrogen-bond acceptors (Lipinski definition) is 6. The van der Waals surface area contributed by atoms with Crippen molar-refractivity contribution in [2.75, 3.05) is 25.7 Å². The van der Waals surface area contributed by atoms with Crippen LogP contribution in [0.25, 0.3) is 0 Å². The van der Waals surface area contributed by atoms with Gasteiger partial charge in [-0.3, -0.25) is 0 Å². The second-order valence-corrected chi connectivity index (χ2v) is 8.93. The number of allylic oxidation sites excluding steroid dienone is 2. The summed E-state index contributed by atoms with van der Waals surface area (Å²) < 4.78 is 10.2. The maximum Gasteiger partial charge on any atom is 0.337 e. The molecule has 38 heavy (non-hydrogen) atoms. The molecule has 1 aliphatic rings. The molecule has 200 valence electrons. The molecule has 1 N–H and O–H groups in total. The molecule has 0 bridgehead atoms. The minimum Gasteiger partial charge on any atom is -0.497 e. The number of rotatable bonds is 8.